The molecule has 21 heavy (non-hydrogen) atoms. The highest BCUT2D eigenvalue weighted by Crippen LogP contribution is 2.21. The van der Waals surface area contributed by atoms with E-state index >= 15 is 0 Å². The lowest BCUT2D eigenvalue weighted by atomic mass is 10.1. The Morgan fingerprint density at radius 1 is 1.10 bits per heavy atom. The number of hydrogen-bond acceptors (Lipinski definition) is 4. The van der Waals surface area contributed by atoms with Crippen molar-refractivity contribution in [2.75, 3.05) is 13.1 Å². The van der Waals surface area contributed by atoms with Gasteiger partial charge in [-0.1, -0.05) is 25.7 Å². The zero-order chi connectivity index (χ0) is 15.1. The Balaban J connectivity index is 1.72. The van der Waals surface area contributed by atoms with Crippen LogP contribution in [0.4, 0.5) is 0 Å². The number of hydrogen-bond donors (Lipinski definition) is 4. The molecule has 0 bridgehead atoms. The van der Waals surface area contributed by atoms with E-state index in [9.17, 15) is 15.0 Å². The minimum atomic E-state index is -0.369. The van der Waals surface area contributed by atoms with E-state index in [1.54, 1.807) is 0 Å². The van der Waals surface area contributed by atoms with Gasteiger partial charge in [-0.05, 0) is 31.0 Å². The molecule has 1 aromatic rings. The van der Waals surface area contributed by atoms with Crippen LogP contribution < -0.4 is 10.6 Å². The maximum Gasteiger partial charge on any atom is 0.255 e. The van der Waals surface area contributed by atoms with Crippen LogP contribution in [0.25, 0.3) is 0 Å². The van der Waals surface area contributed by atoms with Crippen molar-refractivity contribution >= 4 is 5.91 Å². The number of rotatable bonds is 5. The van der Waals surface area contributed by atoms with Crippen molar-refractivity contribution in [1.82, 2.24) is 10.6 Å². The maximum atomic E-state index is 11.9. The van der Waals surface area contributed by atoms with Gasteiger partial charge in [0.1, 0.15) is 11.5 Å². The number of amides is 1. The molecule has 2 rings (SSSR count). The van der Waals surface area contributed by atoms with Gasteiger partial charge in [-0.25, -0.2) is 0 Å². The number of carbonyl (C=O) groups is 1. The highest BCUT2D eigenvalue weighted by atomic mass is 16.3. The third-order valence-corrected chi connectivity index (χ3v) is 3.92. The standard InChI is InChI=1S/C16H24N2O3/c19-13-7-8-15(20)14(11-13)16(21)18-10-9-17-12-5-3-1-2-4-6-12/h7-8,11-12,17,19-20H,1-6,9-10H2,(H,18,21). The second-order valence-corrected chi connectivity index (χ2v) is 5.60. The molecular formula is C16H24N2O3. The first-order valence-corrected chi connectivity index (χ1v) is 7.70. The summed E-state index contributed by atoms with van der Waals surface area (Å²) in [6.07, 6.45) is 7.63. The molecule has 0 spiro atoms. The lowest BCUT2D eigenvalue weighted by molar-refractivity contribution is 0.0950. The van der Waals surface area contributed by atoms with Gasteiger partial charge in [-0.15, -0.1) is 0 Å². The van der Waals surface area contributed by atoms with Gasteiger partial charge >= 0.3 is 0 Å². The summed E-state index contributed by atoms with van der Waals surface area (Å²) >= 11 is 0. The Bertz CT molecular complexity index is 469. The Labute approximate surface area is 125 Å². The minimum Gasteiger partial charge on any atom is -0.508 e. The fraction of sp³-hybridized carbons (Fsp3) is 0.562. The largest absolute Gasteiger partial charge is 0.508 e. The summed E-state index contributed by atoms with van der Waals surface area (Å²) < 4.78 is 0. The average molecular weight is 292 g/mol. The van der Waals surface area contributed by atoms with Crippen molar-refractivity contribution in [3.8, 4) is 11.5 Å². The SMILES string of the molecule is O=C(NCCNC1CCCCCC1)c1cc(O)ccc1O. The predicted octanol–water partition coefficient (Wildman–Crippen LogP) is 2.14. The zero-order valence-corrected chi connectivity index (χ0v) is 12.3. The molecule has 1 aliphatic carbocycles. The van der Waals surface area contributed by atoms with E-state index in [0.29, 0.717) is 12.6 Å². The number of phenolic OH excluding ortho intramolecular Hbond substituents is 2. The fourth-order valence-corrected chi connectivity index (χ4v) is 2.74. The van der Waals surface area contributed by atoms with Crippen molar-refractivity contribution in [3.63, 3.8) is 0 Å². The molecule has 0 radical (unpaired) electrons. The van der Waals surface area contributed by atoms with E-state index < -0.39 is 0 Å². The first kappa shape index (κ1) is 15.6. The predicted molar refractivity (Wildman–Crippen MR) is 81.6 cm³/mol. The van der Waals surface area contributed by atoms with Gasteiger partial charge in [0.25, 0.3) is 5.91 Å². The van der Waals surface area contributed by atoms with Gasteiger partial charge in [0.15, 0.2) is 0 Å². The van der Waals surface area contributed by atoms with Crippen molar-refractivity contribution in [2.24, 2.45) is 0 Å². The van der Waals surface area contributed by atoms with E-state index in [0.717, 1.165) is 6.54 Å². The van der Waals surface area contributed by atoms with Crippen LogP contribution in [-0.4, -0.2) is 35.3 Å². The van der Waals surface area contributed by atoms with Gasteiger partial charge in [0, 0.05) is 19.1 Å². The van der Waals surface area contributed by atoms with Crippen LogP contribution >= 0.6 is 0 Å². The van der Waals surface area contributed by atoms with E-state index in [1.165, 1.54) is 56.7 Å². The first-order chi connectivity index (χ1) is 10.2. The molecule has 1 fully saturated rings. The van der Waals surface area contributed by atoms with E-state index in [1.807, 2.05) is 0 Å². The molecule has 5 nitrogen and oxygen atoms in total. The summed E-state index contributed by atoms with van der Waals surface area (Å²) in [5, 5.41) is 25.2. The molecule has 0 aromatic heterocycles. The highest BCUT2D eigenvalue weighted by Gasteiger charge is 2.13. The van der Waals surface area contributed by atoms with Crippen LogP contribution in [-0.2, 0) is 0 Å². The smallest absolute Gasteiger partial charge is 0.255 e. The van der Waals surface area contributed by atoms with Crippen LogP contribution in [0.15, 0.2) is 18.2 Å². The normalized spacial score (nSPS) is 16.4. The molecule has 1 amide bonds. The maximum absolute atomic E-state index is 11.9. The topological polar surface area (TPSA) is 81.6 Å². The Morgan fingerprint density at radius 2 is 1.81 bits per heavy atom. The molecule has 5 heteroatoms. The molecule has 1 aliphatic rings. The molecule has 0 heterocycles. The monoisotopic (exact) mass is 292 g/mol. The Hall–Kier alpha value is -1.75. The van der Waals surface area contributed by atoms with Crippen molar-refractivity contribution in [3.05, 3.63) is 23.8 Å². The molecule has 0 saturated heterocycles. The first-order valence-electron chi connectivity index (χ1n) is 7.70. The zero-order valence-electron chi connectivity index (χ0n) is 12.3. The van der Waals surface area contributed by atoms with E-state index in [-0.39, 0.29) is 23.0 Å². The second-order valence-electron chi connectivity index (χ2n) is 5.60. The van der Waals surface area contributed by atoms with Crippen LogP contribution in [0, 0.1) is 0 Å². The van der Waals surface area contributed by atoms with Gasteiger partial charge in [0.2, 0.25) is 0 Å². The van der Waals surface area contributed by atoms with Crippen LogP contribution in [0.5, 0.6) is 11.5 Å². The number of carbonyl (C=O) groups excluding carboxylic acids is 1. The van der Waals surface area contributed by atoms with Crippen LogP contribution in [0.3, 0.4) is 0 Å². The highest BCUT2D eigenvalue weighted by molar-refractivity contribution is 5.97. The minimum absolute atomic E-state index is 0.0328. The number of benzene rings is 1. The summed E-state index contributed by atoms with van der Waals surface area (Å²) in [6.45, 7) is 1.22. The molecule has 1 saturated carbocycles. The van der Waals surface area contributed by atoms with Gasteiger partial charge in [-0.3, -0.25) is 4.79 Å². The number of aromatic hydroxyl groups is 2. The third-order valence-electron chi connectivity index (χ3n) is 3.92. The molecule has 1 aromatic carbocycles. The Morgan fingerprint density at radius 3 is 2.52 bits per heavy atom. The summed E-state index contributed by atoms with van der Waals surface area (Å²) in [5.41, 5.74) is 0.101. The fourth-order valence-electron chi connectivity index (χ4n) is 2.74. The molecule has 0 aliphatic heterocycles. The lowest BCUT2D eigenvalue weighted by Crippen LogP contribution is -2.36. The van der Waals surface area contributed by atoms with Crippen LogP contribution in [0.2, 0.25) is 0 Å². The second kappa shape index (κ2) is 7.88. The number of phenols is 2. The van der Waals surface area contributed by atoms with Crippen molar-refractivity contribution in [1.29, 1.82) is 0 Å². The molecule has 4 N–H and O–H groups in total. The summed E-state index contributed by atoms with van der Waals surface area (Å²) in [5.74, 6) is -0.525. The quantitative estimate of drug-likeness (QED) is 0.381. The summed E-state index contributed by atoms with van der Waals surface area (Å²) in [7, 11) is 0. The molecular weight excluding hydrogens is 268 g/mol. The van der Waals surface area contributed by atoms with Gasteiger partial charge < -0.3 is 20.8 Å². The average Bonchev–Trinajstić information content (AvgIpc) is 2.74. The van der Waals surface area contributed by atoms with E-state index in [2.05, 4.69) is 10.6 Å². The van der Waals surface area contributed by atoms with Crippen molar-refractivity contribution < 1.29 is 15.0 Å². The lowest BCUT2D eigenvalue weighted by Gasteiger charge is -2.16. The van der Waals surface area contributed by atoms with Crippen molar-refractivity contribution in [2.45, 2.75) is 44.6 Å². The Kier molecular flexibility index (Phi) is 5.87. The van der Waals surface area contributed by atoms with Gasteiger partial charge in [-0.2, -0.15) is 0 Å². The third kappa shape index (κ3) is 4.93. The summed E-state index contributed by atoms with van der Waals surface area (Å²) in [6, 6.07) is 4.48. The van der Waals surface area contributed by atoms with E-state index in [4.69, 9.17) is 0 Å². The molecule has 0 atom stereocenters. The van der Waals surface area contributed by atoms with Gasteiger partial charge in [0.05, 0.1) is 5.56 Å². The molecule has 0 unspecified atom stereocenters. The summed E-state index contributed by atoms with van der Waals surface area (Å²) in [4.78, 5) is 11.9. The molecule has 116 valence electrons. The number of nitrogens with one attached hydrogen (secondary N) is 2. The van der Waals surface area contributed by atoms with Crippen LogP contribution in [0.1, 0.15) is 48.9 Å².